The number of carboxylic acid groups (broad SMARTS) is 1. The van der Waals surface area contributed by atoms with Gasteiger partial charge in [-0.15, -0.1) is 0 Å². The molecule has 33 heavy (non-hydrogen) atoms. The molecule has 176 valence electrons. The minimum absolute atomic E-state index is 0.0234. The Hall–Kier alpha value is -2.54. The van der Waals surface area contributed by atoms with Crippen molar-refractivity contribution >= 4 is 17.6 Å². The number of carbonyl (C=O) groups is 1. The second-order valence-corrected chi connectivity index (χ2v) is 9.70. The Morgan fingerprint density at radius 2 is 1.97 bits per heavy atom. The monoisotopic (exact) mass is 472 g/mol. The van der Waals surface area contributed by atoms with E-state index in [4.69, 9.17) is 26.2 Å². The first-order chi connectivity index (χ1) is 15.7. The molecule has 1 aliphatic carbocycles. The molecule has 6 nitrogen and oxygen atoms in total. The van der Waals surface area contributed by atoms with E-state index in [0.29, 0.717) is 24.3 Å². The van der Waals surface area contributed by atoms with Crippen LogP contribution in [0.25, 0.3) is 0 Å². The molecule has 0 bridgehead atoms. The molecule has 4 rings (SSSR count). The summed E-state index contributed by atoms with van der Waals surface area (Å²) in [6.45, 7) is 3.52. The maximum atomic E-state index is 11.0. The van der Waals surface area contributed by atoms with Crippen molar-refractivity contribution in [2.45, 2.75) is 62.9 Å². The first-order valence-corrected chi connectivity index (χ1v) is 11.5. The van der Waals surface area contributed by atoms with Gasteiger partial charge < -0.3 is 24.8 Å². The van der Waals surface area contributed by atoms with Crippen molar-refractivity contribution in [1.29, 1.82) is 0 Å². The fourth-order valence-corrected chi connectivity index (χ4v) is 5.24. The summed E-state index contributed by atoms with van der Waals surface area (Å²) in [6, 6.07) is 14.9. The van der Waals surface area contributed by atoms with Crippen LogP contribution in [-0.4, -0.2) is 45.2 Å². The minimum Gasteiger partial charge on any atom is -0.489 e. The van der Waals surface area contributed by atoms with Gasteiger partial charge in [-0.25, -0.2) is 0 Å². The first kappa shape index (κ1) is 23.6. The molecule has 1 fully saturated rings. The summed E-state index contributed by atoms with van der Waals surface area (Å²) in [7, 11) is 0. The first-order valence-electron chi connectivity index (χ1n) is 11.1. The standard InChI is InChI=1S/C26H29ClO6/c1-26(2,33-16-8-4-3-5-9-16)25(31)19(27)13-18-20(28)14-21-23(18)17-10-6-7-15(24(17)32-21)11-12-22(29)30/h3-10,13,18,20-21,23,25,28,31H,11-12,14H2,1-2H3,(H,29,30)/t18-,20+,21-,23+,25-/m0/s1. The zero-order valence-corrected chi connectivity index (χ0v) is 19.4. The van der Waals surface area contributed by atoms with Crippen LogP contribution in [0.1, 0.15) is 43.7 Å². The smallest absolute Gasteiger partial charge is 0.303 e. The number of aliphatic carboxylic acids is 1. The Morgan fingerprint density at radius 1 is 1.24 bits per heavy atom. The SMILES string of the molecule is CC(C)(Oc1ccccc1)[C@@H](O)C(Cl)=C[C@@H]1[C@H]2c3cccc(CCC(=O)O)c3O[C@H]2C[C@H]1O. The van der Waals surface area contributed by atoms with Gasteiger partial charge in [0.15, 0.2) is 0 Å². The molecule has 2 aromatic carbocycles. The van der Waals surface area contributed by atoms with E-state index in [1.54, 1.807) is 19.9 Å². The summed E-state index contributed by atoms with van der Waals surface area (Å²) >= 11 is 6.57. The Balaban J connectivity index is 1.56. The summed E-state index contributed by atoms with van der Waals surface area (Å²) in [6.07, 6.45) is 0.561. The number of rotatable bonds is 8. The molecule has 2 aliphatic rings. The van der Waals surface area contributed by atoms with Crippen LogP contribution < -0.4 is 9.47 Å². The molecule has 1 saturated carbocycles. The van der Waals surface area contributed by atoms with Gasteiger partial charge in [-0.2, -0.15) is 0 Å². The Morgan fingerprint density at radius 3 is 2.67 bits per heavy atom. The second kappa shape index (κ2) is 9.37. The third-order valence-electron chi connectivity index (χ3n) is 6.49. The maximum Gasteiger partial charge on any atom is 0.303 e. The van der Waals surface area contributed by atoms with Crippen molar-refractivity contribution in [3.8, 4) is 11.5 Å². The number of carboxylic acids is 1. The van der Waals surface area contributed by atoms with Gasteiger partial charge in [-0.05, 0) is 38.0 Å². The van der Waals surface area contributed by atoms with E-state index in [1.165, 1.54) is 0 Å². The number of aryl methyl sites for hydroxylation is 1. The van der Waals surface area contributed by atoms with E-state index in [-0.39, 0.29) is 29.4 Å². The molecule has 1 aliphatic heterocycles. The van der Waals surface area contributed by atoms with Crippen LogP contribution in [0.15, 0.2) is 59.6 Å². The lowest BCUT2D eigenvalue weighted by molar-refractivity contribution is -0.136. The van der Waals surface area contributed by atoms with Gasteiger partial charge in [0, 0.05) is 35.3 Å². The van der Waals surface area contributed by atoms with Crippen LogP contribution in [0.2, 0.25) is 0 Å². The number of para-hydroxylation sites is 2. The molecule has 1 heterocycles. The summed E-state index contributed by atoms with van der Waals surface area (Å²) in [4.78, 5) is 11.0. The van der Waals surface area contributed by atoms with Crippen LogP contribution in [0.4, 0.5) is 0 Å². The van der Waals surface area contributed by atoms with Crippen molar-refractivity contribution in [3.63, 3.8) is 0 Å². The zero-order chi connectivity index (χ0) is 23.8. The predicted octanol–water partition coefficient (Wildman–Crippen LogP) is 4.27. The predicted molar refractivity (Wildman–Crippen MR) is 125 cm³/mol. The fourth-order valence-electron chi connectivity index (χ4n) is 4.83. The van der Waals surface area contributed by atoms with Crippen molar-refractivity contribution in [2.75, 3.05) is 0 Å². The highest BCUT2D eigenvalue weighted by Crippen LogP contribution is 2.52. The van der Waals surface area contributed by atoms with Crippen molar-refractivity contribution in [3.05, 3.63) is 70.8 Å². The summed E-state index contributed by atoms with van der Waals surface area (Å²) < 4.78 is 12.1. The van der Waals surface area contributed by atoms with E-state index >= 15 is 0 Å². The third kappa shape index (κ3) is 4.88. The van der Waals surface area contributed by atoms with Crippen molar-refractivity contribution in [1.82, 2.24) is 0 Å². The molecule has 0 aromatic heterocycles. The van der Waals surface area contributed by atoms with Gasteiger partial charge in [0.2, 0.25) is 0 Å². The molecular weight excluding hydrogens is 444 g/mol. The molecule has 0 spiro atoms. The van der Waals surface area contributed by atoms with Crippen LogP contribution in [0, 0.1) is 5.92 Å². The number of hydrogen-bond acceptors (Lipinski definition) is 5. The average molecular weight is 473 g/mol. The summed E-state index contributed by atoms with van der Waals surface area (Å²) in [5, 5.41) is 31.0. The highest BCUT2D eigenvalue weighted by Gasteiger charge is 2.49. The fraction of sp³-hybridized carbons (Fsp3) is 0.423. The number of aliphatic hydroxyl groups is 2. The molecule has 0 radical (unpaired) electrons. The number of benzene rings is 2. The lowest BCUT2D eigenvalue weighted by atomic mass is 9.86. The maximum absolute atomic E-state index is 11.0. The van der Waals surface area contributed by atoms with Gasteiger partial charge in [0.25, 0.3) is 0 Å². The molecule has 7 heteroatoms. The molecule has 0 unspecified atom stereocenters. The van der Waals surface area contributed by atoms with Gasteiger partial charge in [-0.1, -0.05) is 54.1 Å². The Labute approximate surface area is 198 Å². The molecule has 5 atom stereocenters. The normalized spacial score (nSPS) is 25.2. The topological polar surface area (TPSA) is 96.2 Å². The van der Waals surface area contributed by atoms with Gasteiger partial charge in [0.05, 0.1) is 6.10 Å². The Kier molecular flexibility index (Phi) is 6.71. The zero-order valence-electron chi connectivity index (χ0n) is 18.6. The van der Waals surface area contributed by atoms with E-state index in [2.05, 4.69) is 0 Å². The average Bonchev–Trinajstić information content (AvgIpc) is 3.27. The highest BCUT2D eigenvalue weighted by molar-refractivity contribution is 6.30. The molecule has 3 N–H and O–H groups in total. The van der Waals surface area contributed by atoms with Crippen LogP contribution in [0.5, 0.6) is 11.5 Å². The lowest BCUT2D eigenvalue weighted by Crippen LogP contribution is -2.42. The molecule has 2 aromatic rings. The van der Waals surface area contributed by atoms with Gasteiger partial charge in [-0.3, -0.25) is 4.79 Å². The third-order valence-corrected chi connectivity index (χ3v) is 6.83. The number of aliphatic hydroxyl groups excluding tert-OH is 2. The van der Waals surface area contributed by atoms with Crippen molar-refractivity contribution in [2.24, 2.45) is 5.92 Å². The second-order valence-electron chi connectivity index (χ2n) is 9.26. The number of ether oxygens (including phenoxy) is 2. The van der Waals surface area contributed by atoms with Gasteiger partial charge >= 0.3 is 5.97 Å². The molecule has 0 saturated heterocycles. The molecular formula is C26H29ClO6. The quantitative estimate of drug-likeness (QED) is 0.531. The minimum atomic E-state index is -1.10. The summed E-state index contributed by atoms with van der Waals surface area (Å²) in [5.41, 5.74) is 0.802. The van der Waals surface area contributed by atoms with E-state index in [1.807, 2.05) is 48.5 Å². The number of fused-ring (bicyclic) bond motifs is 3. The lowest BCUT2D eigenvalue weighted by Gasteiger charge is -2.32. The van der Waals surface area contributed by atoms with E-state index in [9.17, 15) is 15.0 Å². The van der Waals surface area contributed by atoms with Gasteiger partial charge in [0.1, 0.15) is 29.3 Å². The number of hydrogen-bond donors (Lipinski definition) is 3. The highest BCUT2D eigenvalue weighted by atomic mass is 35.5. The van der Waals surface area contributed by atoms with Crippen LogP contribution in [0.3, 0.4) is 0 Å². The van der Waals surface area contributed by atoms with Crippen molar-refractivity contribution < 1.29 is 29.6 Å². The Bertz CT molecular complexity index is 1030. The summed E-state index contributed by atoms with van der Waals surface area (Å²) in [5.74, 6) is 0.00474. The largest absolute Gasteiger partial charge is 0.489 e. The molecule has 0 amide bonds. The number of halogens is 1. The van der Waals surface area contributed by atoms with Crippen LogP contribution in [-0.2, 0) is 11.2 Å². The van der Waals surface area contributed by atoms with E-state index < -0.39 is 23.8 Å². The van der Waals surface area contributed by atoms with E-state index in [0.717, 1.165) is 11.1 Å². The van der Waals surface area contributed by atoms with Crippen LogP contribution >= 0.6 is 11.6 Å².